The Morgan fingerprint density at radius 2 is 2.29 bits per heavy atom. The number of rotatable bonds is 6. The highest BCUT2D eigenvalue weighted by molar-refractivity contribution is 14.1. The third kappa shape index (κ3) is 3.68. The molecule has 0 radical (unpaired) electrons. The number of nitrogens with zero attached hydrogens (tertiary/aromatic N) is 3. The van der Waals surface area contributed by atoms with Crippen molar-refractivity contribution >= 4 is 60.2 Å². The molecule has 2 aromatic heterocycles. The highest BCUT2D eigenvalue weighted by Crippen LogP contribution is 2.52. The summed E-state index contributed by atoms with van der Waals surface area (Å²) in [6, 6.07) is 0.319. The van der Waals surface area contributed by atoms with E-state index in [9.17, 15) is 14.7 Å². The van der Waals surface area contributed by atoms with E-state index in [-0.39, 0.29) is 21.7 Å². The van der Waals surface area contributed by atoms with Crippen molar-refractivity contribution in [3.63, 3.8) is 0 Å². The van der Waals surface area contributed by atoms with Crippen molar-refractivity contribution in [3.05, 3.63) is 34.2 Å². The number of imidazole rings is 1. The predicted octanol–water partition coefficient (Wildman–Crippen LogP) is 1.86. The topological polar surface area (TPSA) is 77.9 Å². The van der Waals surface area contributed by atoms with Crippen molar-refractivity contribution in [2.24, 2.45) is 18.9 Å². The molecule has 7 nitrogen and oxygen atoms in total. The number of amides is 1. The number of aliphatic hydroxyl groups excluding tert-OH is 1. The van der Waals surface area contributed by atoms with Gasteiger partial charge >= 0.3 is 0 Å². The summed E-state index contributed by atoms with van der Waals surface area (Å²) in [5.41, 5.74) is 0.551. The molecule has 5 heterocycles. The number of fused-ring (bicyclic) bond motifs is 2. The summed E-state index contributed by atoms with van der Waals surface area (Å²) in [6.07, 6.45) is 7.76. The SMILES string of the molecule is C[C@@H](O)[C@H]1C(=O)N2C(C(=O)I)=C(S[C@@H]3CN[C@H](Cc4cn5c[n+](C)cc5s4)C3)[C@H](C)[C@H]12. The van der Waals surface area contributed by atoms with E-state index >= 15 is 0 Å². The van der Waals surface area contributed by atoms with Crippen LogP contribution >= 0.6 is 45.7 Å². The minimum atomic E-state index is -0.691. The molecule has 2 N–H and O–H groups in total. The first-order chi connectivity index (χ1) is 14.7. The van der Waals surface area contributed by atoms with Gasteiger partial charge in [-0.05, 0) is 13.3 Å². The molecule has 2 aromatic rings. The fourth-order valence-corrected chi connectivity index (χ4v) is 8.63. The molecule has 3 aliphatic heterocycles. The van der Waals surface area contributed by atoms with Gasteiger partial charge < -0.3 is 15.3 Å². The van der Waals surface area contributed by atoms with Crippen molar-refractivity contribution in [1.82, 2.24) is 14.6 Å². The zero-order valence-electron chi connectivity index (χ0n) is 17.6. The van der Waals surface area contributed by atoms with Gasteiger partial charge in [0.25, 0.3) is 0 Å². The van der Waals surface area contributed by atoms with Crippen LogP contribution in [0.4, 0.5) is 0 Å². The molecule has 5 rings (SSSR count). The van der Waals surface area contributed by atoms with Crippen molar-refractivity contribution < 1.29 is 19.3 Å². The zero-order valence-corrected chi connectivity index (χ0v) is 21.4. The number of thiazole rings is 1. The van der Waals surface area contributed by atoms with Gasteiger partial charge in [-0.3, -0.25) is 9.59 Å². The van der Waals surface area contributed by atoms with Crippen LogP contribution in [0.2, 0.25) is 0 Å². The predicted molar refractivity (Wildman–Crippen MR) is 129 cm³/mol. The number of aromatic nitrogens is 2. The van der Waals surface area contributed by atoms with Crippen LogP contribution in [-0.2, 0) is 23.1 Å². The number of thioether (sulfide) groups is 1. The van der Waals surface area contributed by atoms with E-state index in [1.165, 1.54) is 9.71 Å². The summed E-state index contributed by atoms with van der Waals surface area (Å²) in [7, 11) is 2.03. The van der Waals surface area contributed by atoms with Crippen LogP contribution in [0.5, 0.6) is 0 Å². The first-order valence-corrected chi connectivity index (χ1v) is 13.3. The van der Waals surface area contributed by atoms with E-state index in [0.717, 1.165) is 24.3 Å². The number of nitrogens with one attached hydrogen (secondary N) is 1. The largest absolute Gasteiger partial charge is 0.393 e. The number of allylic oxidation sites excluding steroid dienone is 1. The van der Waals surface area contributed by atoms with Crippen LogP contribution < -0.4 is 9.88 Å². The standard InChI is InChI=1S/C21H26IN4O3S2/c1-10-17-16(11(2)27)21(29)26(17)18(20(22)28)19(10)31-13-4-12(23-6-13)5-14-7-25-9-24(3)8-15(25)30-14/h7-13,16-17,23,27H,4-6H2,1-3H3/q+1/t10-,11-,12+,13+,16-,17-/m1/s1. The fourth-order valence-electron chi connectivity index (χ4n) is 5.23. The Labute approximate surface area is 203 Å². The van der Waals surface area contributed by atoms with Crippen LogP contribution in [-0.4, -0.2) is 54.1 Å². The molecular weight excluding hydrogens is 547 g/mol. The van der Waals surface area contributed by atoms with Crippen molar-refractivity contribution in [2.45, 2.75) is 50.1 Å². The Morgan fingerprint density at radius 1 is 1.52 bits per heavy atom. The van der Waals surface area contributed by atoms with Gasteiger partial charge in [0.1, 0.15) is 18.1 Å². The zero-order chi connectivity index (χ0) is 22.0. The van der Waals surface area contributed by atoms with Crippen molar-refractivity contribution in [3.8, 4) is 0 Å². The van der Waals surface area contributed by atoms with Crippen LogP contribution in [0.1, 0.15) is 25.1 Å². The van der Waals surface area contributed by atoms with Crippen LogP contribution in [0, 0.1) is 11.8 Å². The molecule has 0 aliphatic carbocycles. The monoisotopic (exact) mass is 573 g/mol. The molecule has 0 saturated carbocycles. The highest BCUT2D eigenvalue weighted by atomic mass is 127. The third-order valence-electron chi connectivity index (χ3n) is 6.61. The first kappa shape index (κ1) is 21.9. The summed E-state index contributed by atoms with van der Waals surface area (Å²) >= 11 is 5.38. The van der Waals surface area contributed by atoms with Gasteiger partial charge in [-0.25, -0.2) is 4.57 Å². The minimum absolute atomic E-state index is 0.0785. The average Bonchev–Trinajstić information content (AvgIpc) is 3.39. The number of aliphatic hydroxyl groups is 1. The average molecular weight is 574 g/mol. The number of hydrogen-bond acceptors (Lipinski definition) is 6. The van der Waals surface area contributed by atoms with Gasteiger partial charge in [0.15, 0.2) is 0 Å². The van der Waals surface area contributed by atoms with E-state index < -0.39 is 12.0 Å². The van der Waals surface area contributed by atoms with Gasteiger partial charge in [-0.15, -0.1) is 11.8 Å². The molecule has 31 heavy (non-hydrogen) atoms. The molecule has 10 heteroatoms. The summed E-state index contributed by atoms with van der Waals surface area (Å²) in [6.45, 7) is 4.65. The van der Waals surface area contributed by atoms with Gasteiger partial charge in [-0.2, -0.15) is 4.40 Å². The normalized spacial score (nSPS) is 31.5. The second-order valence-electron chi connectivity index (χ2n) is 8.88. The number of hydrogen-bond donors (Lipinski definition) is 2. The maximum absolute atomic E-state index is 12.6. The lowest BCUT2D eigenvalue weighted by atomic mass is 9.79. The Hall–Kier alpha value is -0.950. The van der Waals surface area contributed by atoms with Gasteiger partial charge in [-0.1, -0.05) is 18.3 Å². The molecule has 0 unspecified atom stereocenters. The van der Waals surface area contributed by atoms with Crippen molar-refractivity contribution in [1.29, 1.82) is 0 Å². The van der Waals surface area contributed by atoms with Crippen LogP contribution in [0.3, 0.4) is 0 Å². The van der Waals surface area contributed by atoms with Crippen molar-refractivity contribution in [2.75, 3.05) is 6.54 Å². The Bertz CT molecular complexity index is 1060. The number of halogens is 1. The quantitative estimate of drug-likeness (QED) is 0.239. The number of β-lactam (4-membered cyclic amide) rings is 1. The summed E-state index contributed by atoms with van der Waals surface area (Å²) in [5, 5.41) is 14.1. The summed E-state index contributed by atoms with van der Waals surface area (Å²) < 4.78 is 4.15. The Kier molecular flexibility index (Phi) is 5.73. The van der Waals surface area contributed by atoms with Gasteiger partial charge in [0.2, 0.25) is 20.9 Å². The number of carbonyl (C=O) groups excluding carboxylic acids is 2. The summed E-state index contributed by atoms with van der Waals surface area (Å²) in [4.78, 5) is 30.3. The molecule has 0 bridgehead atoms. The molecule has 3 aliphatic rings. The van der Waals surface area contributed by atoms with Crippen LogP contribution in [0.25, 0.3) is 4.83 Å². The lowest BCUT2D eigenvalue weighted by Gasteiger charge is -2.46. The Balaban J connectivity index is 1.28. The number of carbonyl (C=O) groups is 2. The first-order valence-electron chi connectivity index (χ1n) is 10.6. The Morgan fingerprint density at radius 3 is 2.97 bits per heavy atom. The van der Waals surface area contributed by atoms with E-state index in [4.69, 9.17) is 0 Å². The lowest BCUT2D eigenvalue weighted by molar-refractivity contribution is -0.669. The van der Waals surface area contributed by atoms with Crippen LogP contribution in [0.15, 0.2) is 29.3 Å². The molecule has 1 amide bonds. The lowest BCUT2D eigenvalue weighted by Crippen LogP contribution is -2.63. The maximum Gasteiger partial charge on any atom is 0.249 e. The second kappa shape index (κ2) is 8.12. The second-order valence-corrected chi connectivity index (χ2v) is 12.3. The fraction of sp³-hybridized carbons (Fsp3) is 0.571. The van der Waals surface area contributed by atoms with E-state index in [1.54, 1.807) is 46.2 Å². The highest BCUT2D eigenvalue weighted by Gasteiger charge is 2.59. The molecule has 166 valence electrons. The molecule has 0 aromatic carbocycles. The van der Waals surface area contributed by atoms with E-state index in [1.807, 2.05) is 18.4 Å². The molecular formula is C21H26IN4O3S2+. The molecule has 2 fully saturated rings. The molecule has 2 saturated heterocycles. The van der Waals surface area contributed by atoms with E-state index in [2.05, 4.69) is 39.9 Å². The summed E-state index contributed by atoms with van der Waals surface area (Å²) in [5.74, 6) is -0.443. The van der Waals surface area contributed by atoms with E-state index in [0.29, 0.717) is 17.0 Å². The smallest absolute Gasteiger partial charge is 0.249 e. The number of aryl methyl sites for hydroxylation is 1. The maximum atomic E-state index is 12.6. The van der Waals surface area contributed by atoms with Gasteiger partial charge in [0, 0.05) is 62.5 Å². The van der Waals surface area contributed by atoms with Gasteiger partial charge in [0.05, 0.1) is 25.1 Å². The molecule has 0 spiro atoms. The third-order valence-corrected chi connectivity index (χ3v) is 9.69. The minimum Gasteiger partial charge on any atom is -0.393 e. The molecule has 6 atom stereocenters.